The minimum absolute atomic E-state index is 0.188. The lowest BCUT2D eigenvalue weighted by atomic mass is 10.1. The molecule has 0 amide bonds. The van der Waals surface area contributed by atoms with Gasteiger partial charge >= 0.3 is 0 Å². The van der Waals surface area contributed by atoms with E-state index in [9.17, 15) is 8.42 Å². The Morgan fingerprint density at radius 2 is 1.93 bits per heavy atom. The minimum atomic E-state index is -3.05. The predicted molar refractivity (Wildman–Crippen MR) is 62.3 cm³/mol. The third kappa shape index (κ3) is 5.49. The van der Waals surface area contributed by atoms with Gasteiger partial charge in [0.05, 0.1) is 5.75 Å². The van der Waals surface area contributed by atoms with Gasteiger partial charge in [0.25, 0.3) is 0 Å². The summed E-state index contributed by atoms with van der Waals surface area (Å²) in [4.78, 5) is 0. The van der Waals surface area contributed by atoms with Crippen LogP contribution < -0.4 is 10.0 Å². The largest absolute Gasteiger partial charge is 0.316 e. The molecule has 0 atom stereocenters. The van der Waals surface area contributed by atoms with Crippen molar-refractivity contribution in [2.45, 2.75) is 32.6 Å². The van der Waals surface area contributed by atoms with Gasteiger partial charge in [-0.05, 0) is 25.3 Å². The summed E-state index contributed by atoms with van der Waals surface area (Å²) in [6.45, 7) is 3.96. The van der Waals surface area contributed by atoms with Gasteiger partial charge in [-0.3, -0.25) is 0 Å². The number of hydrogen-bond acceptors (Lipinski definition) is 3. The van der Waals surface area contributed by atoms with Crippen LogP contribution in [0.15, 0.2) is 0 Å². The Balaban J connectivity index is 2.17. The van der Waals surface area contributed by atoms with Crippen molar-refractivity contribution < 1.29 is 8.42 Å². The third-order valence-electron chi connectivity index (χ3n) is 2.86. The van der Waals surface area contributed by atoms with Crippen molar-refractivity contribution in [1.29, 1.82) is 0 Å². The van der Waals surface area contributed by atoms with Gasteiger partial charge in [0.1, 0.15) is 0 Å². The smallest absolute Gasteiger partial charge is 0.212 e. The first-order valence-electron chi connectivity index (χ1n) is 5.82. The van der Waals surface area contributed by atoms with Crippen molar-refractivity contribution in [3.8, 4) is 0 Å². The molecule has 2 N–H and O–H groups in total. The molecule has 0 aromatic rings. The Labute approximate surface area is 92.9 Å². The fraction of sp³-hybridized carbons (Fsp3) is 1.00. The van der Waals surface area contributed by atoms with Gasteiger partial charge in [0, 0.05) is 13.1 Å². The summed E-state index contributed by atoms with van der Waals surface area (Å²) in [5.74, 6) is 0.756. The molecule has 1 aliphatic rings. The highest BCUT2D eigenvalue weighted by molar-refractivity contribution is 7.89. The maximum atomic E-state index is 11.5. The van der Waals surface area contributed by atoms with E-state index in [0.29, 0.717) is 19.0 Å². The quantitative estimate of drug-likeness (QED) is 0.638. The second-order valence-electron chi connectivity index (χ2n) is 4.17. The molecular weight excluding hydrogens is 212 g/mol. The fourth-order valence-corrected chi connectivity index (χ4v) is 2.96. The van der Waals surface area contributed by atoms with Crippen LogP contribution >= 0.6 is 0 Å². The van der Waals surface area contributed by atoms with E-state index in [2.05, 4.69) is 10.0 Å². The molecule has 0 aliphatic heterocycles. The molecule has 0 spiro atoms. The van der Waals surface area contributed by atoms with Crippen molar-refractivity contribution in [2.75, 3.05) is 25.4 Å². The van der Waals surface area contributed by atoms with Crippen LogP contribution in [0.2, 0.25) is 0 Å². The fourth-order valence-electron chi connectivity index (χ4n) is 1.91. The summed E-state index contributed by atoms with van der Waals surface area (Å²) in [5.41, 5.74) is 0. The van der Waals surface area contributed by atoms with Gasteiger partial charge in [0.2, 0.25) is 10.0 Å². The van der Waals surface area contributed by atoms with Crippen molar-refractivity contribution in [3.05, 3.63) is 0 Å². The van der Waals surface area contributed by atoms with Crippen LogP contribution in [-0.2, 0) is 10.0 Å². The summed E-state index contributed by atoms with van der Waals surface area (Å²) >= 11 is 0. The molecule has 5 heteroatoms. The third-order valence-corrected chi connectivity index (χ3v) is 4.21. The number of nitrogens with one attached hydrogen (secondary N) is 2. The number of rotatable bonds is 7. The summed E-state index contributed by atoms with van der Waals surface area (Å²) in [6, 6.07) is 0. The molecule has 15 heavy (non-hydrogen) atoms. The lowest BCUT2D eigenvalue weighted by molar-refractivity contribution is 0.518. The molecule has 0 bridgehead atoms. The highest BCUT2D eigenvalue weighted by atomic mass is 32.2. The monoisotopic (exact) mass is 234 g/mol. The Morgan fingerprint density at radius 3 is 2.53 bits per heavy atom. The highest BCUT2D eigenvalue weighted by Gasteiger charge is 2.17. The molecule has 4 nitrogen and oxygen atoms in total. The lowest BCUT2D eigenvalue weighted by Gasteiger charge is -2.11. The van der Waals surface area contributed by atoms with E-state index < -0.39 is 10.0 Å². The van der Waals surface area contributed by atoms with E-state index in [1.165, 1.54) is 25.7 Å². The Kier molecular flexibility index (Phi) is 5.56. The van der Waals surface area contributed by atoms with Gasteiger partial charge in [-0.25, -0.2) is 13.1 Å². The van der Waals surface area contributed by atoms with E-state index in [4.69, 9.17) is 0 Å². The minimum Gasteiger partial charge on any atom is -0.316 e. The van der Waals surface area contributed by atoms with E-state index in [1.807, 2.05) is 6.92 Å². The molecular formula is C10H22N2O2S. The second-order valence-corrected chi connectivity index (χ2v) is 6.10. The highest BCUT2D eigenvalue weighted by Crippen LogP contribution is 2.23. The molecule has 1 fully saturated rings. The predicted octanol–water partition coefficient (Wildman–Crippen LogP) is 0.706. The summed E-state index contributed by atoms with van der Waals surface area (Å²) < 4.78 is 25.7. The molecule has 1 aliphatic carbocycles. The van der Waals surface area contributed by atoms with Crippen molar-refractivity contribution in [1.82, 2.24) is 10.0 Å². The Bertz CT molecular complexity index is 259. The molecule has 1 saturated carbocycles. The molecule has 0 saturated heterocycles. The molecule has 90 valence electrons. The van der Waals surface area contributed by atoms with Crippen molar-refractivity contribution in [2.24, 2.45) is 5.92 Å². The second kappa shape index (κ2) is 6.45. The summed E-state index contributed by atoms with van der Waals surface area (Å²) in [5, 5.41) is 3.01. The molecule has 0 aromatic carbocycles. The Hall–Kier alpha value is -0.130. The zero-order valence-corrected chi connectivity index (χ0v) is 10.3. The van der Waals surface area contributed by atoms with Gasteiger partial charge < -0.3 is 5.32 Å². The van der Waals surface area contributed by atoms with E-state index in [0.717, 1.165) is 6.54 Å². The van der Waals surface area contributed by atoms with Gasteiger partial charge in [0.15, 0.2) is 0 Å². The van der Waals surface area contributed by atoms with E-state index >= 15 is 0 Å². The van der Waals surface area contributed by atoms with Gasteiger partial charge in [-0.15, -0.1) is 0 Å². The zero-order valence-electron chi connectivity index (χ0n) is 9.46. The maximum absolute atomic E-state index is 11.5. The standard InChI is InChI=1S/C10H22N2O2S/c1-2-11-7-8-15(13,14)12-9-10-5-3-4-6-10/h10-12H,2-9H2,1H3. The summed E-state index contributed by atoms with van der Waals surface area (Å²) in [7, 11) is -3.05. The van der Waals surface area contributed by atoms with Crippen LogP contribution in [0.5, 0.6) is 0 Å². The summed E-state index contributed by atoms with van der Waals surface area (Å²) in [6.07, 6.45) is 4.86. The SMILES string of the molecule is CCNCCS(=O)(=O)NCC1CCCC1. The van der Waals surface area contributed by atoms with Gasteiger partial charge in [-0.1, -0.05) is 19.8 Å². The van der Waals surface area contributed by atoms with Crippen LogP contribution in [0, 0.1) is 5.92 Å². The van der Waals surface area contributed by atoms with Crippen LogP contribution in [0.1, 0.15) is 32.6 Å². The van der Waals surface area contributed by atoms with Crippen LogP contribution in [0.25, 0.3) is 0 Å². The van der Waals surface area contributed by atoms with Crippen molar-refractivity contribution >= 4 is 10.0 Å². The van der Waals surface area contributed by atoms with E-state index in [1.54, 1.807) is 0 Å². The van der Waals surface area contributed by atoms with Crippen molar-refractivity contribution in [3.63, 3.8) is 0 Å². The molecule has 0 heterocycles. The first-order chi connectivity index (χ1) is 7.14. The average molecular weight is 234 g/mol. The van der Waals surface area contributed by atoms with Gasteiger partial charge in [-0.2, -0.15) is 0 Å². The average Bonchev–Trinajstić information content (AvgIpc) is 2.68. The lowest BCUT2D eigenvalue weighted by Crippen LogP contribution is -2.34. The number of hydrogen-bond donors (Lipinski definition) is 2. The first-order valence-corrected chi connectivity index (χ1v) is 7.47. The molecule has 0 unspecified atom stereocenters. The normalized spacial score (nSPS) is 18.5. The zero-order chi connectivity index (χ0) is 11.1. The number of sulfonamides is 1. The van der Waals surface area contributed by atoms with Crippen LogP contribution in [0.3, 0.4) is 0 Å². The molecule has 0 radical (unpaired) electrons. The molecule has 0 aromatic heterocycles. The van der Waals surface area contributed by atoms with Crippen LogP contribution in [0.4, 0.5) is 0 Å². The van der Waals surface area contributed by atoms with E-state index in [-0.39, 0.29) is 5.75 Å². The maximum Gasteiger partial charge on any atom is 0.212 e. The Morgan fingerprint density at radius 1 is 1.27 bits per heavy atom. The topological polar surface area (TPSA) is 58.2 Å². The first kappa shape index (κ1) is 12.9. The van der Waals surface area contributed by atoms with Crippen LogP contribution in [-0.4, -0.2) is 33.8 Å². The molecule has 1 rings (SSSR count).